The van der Waals surface area contributed by atoms with Crippen molar-refractivity contribution < 1.29 is 14.3 Å². The summed E-state index contributed by atoms with van der Waals surface area (Å²) in [6, 6.07) is 15.9. The van der Waals surface area contributed by atoms with Crippen molar-refractivity contribution in [1.29, 1.82) is 5.26 Å². The second kappa shape index (κ2) is 10.7. The van der Waals surface area contributed by atoms with E-state index in [1.54, 1.807) is 24.1 Å². The van der Waals surface area contributed by atoms with Gasteiger partial charge in [0.15, 0.2) is 0 Å². The van der Waals surface area contributed by atoms with Crippen LogP contribution in [0.25, 0.3) is 11.1 Å². The quantitative estimate of drug-likeness (QED) is 0.467. The van der Waals surface area contributed by atoms with Gasteiger partial charge in [0.25, 0.3) is 0 Å². The number of nitrogens with one attached hydrogen (secondary N) is 2. The number of aliphatic hydroxyl groups is 1. The van der Waals surface area contributed by atoms with Gasteiger partial charge in [-0.2, -0.15) is 5.26 Å². The molecule has 0 saturated carbocycles. The lowest BCUT2D eigenvalue weighted by Gasteiger charge is -2.54. The number of carbonyl (C=O) groups excluding carboxylic acids is 1. The predicted octanol–water partition coefficient (Wildman–Crippen LogP) is 3.70. The normalized spacial score (nSPS) is 22.8. The fourth-order valence-electron chi connectivity index (χ4n) is 6.07. The Hall–Kier alpha value is -3.84. The number of nitrogens with zero attached hydrogens (tertiary/aromatic N) is 4. The molecule has 3 heterocycles. The Morgan fingerprint density at radius 3 is 2.51 bits per heavy atom. The molecule has 2 bridgehead atoms. The Balaban J connectivity index is 1.38. The van der Waals surface area contributed by atoms with E-state index in [-0.39, 0.29) is 17.9 Å². The maximum atomic E-state index is 13.8. The molecule has 5 rings (SSSR count). The maximum absolute atomic E-state index is 13.8. The van der Waals surface area contributed by atoms with Crippen LogP contribution in [0.4, 0.5) is 14.9 Å². The molecule has 3 aromatic rings. The van der Waals surface area contributed by atoms with Gasteiger partial charge in [0.2, 0.25) is 0 Å². The highest BCUT2D eigenvalue weighted by Crippen LogP contribution is 2.44. The van der Waals surface area contributed by atoms with Gasteiger partial charge in [-0.15, -0.1) is 0 Å². The van der Waals surface area contributed by atoms with Gasteiger partial charge in [-0.05, 0) is 62.5 Å². The van der Waals surface area contributed by atoms with Gasteiger partial charge in [-0.1, -0.05) is 18.2 Å². The summed E-state index contributed by atoms with van der Waals surface area (Å²) >= 11 is 0. The lowest BCUT2D eigenvalue weighted by molar-refractivity contribution is -0.155. The van der Waals surface area contributed by atoms with E-state index in [0.29, 0.717) is 49.7 Å². The van der Waals surface area contributed by atoms with E-state index in [0.717, 1.165) is 22.3 Å². The Morgan fingerprint density at radius 1 is 1.15 bits per heavy atom. The van der Waals surface area contributed by atoms with E-state index in [9.17, 15) is 19.6 Å². The number of anilines is 1. The second-order valence-electron chi connectivity index (χ2n) is 10.7. The van der Waals surface area contributed by atoms with Crippen molar-refractivity contribution in [3.8, 4) is 17.2 Å². The van der Waals surface area contributed by atoms with Gasteiger partial charge < -0.3 is 25.5 Å². The summed E-state index contributed by atoms with van der Waals surface area (Å²) in [5, 5.41) is 27.7. The summed E-state index contributed by atoms with van der Waals surface area (Å²) in [7, 11) is 3.88. The summed E-state index contributed by atoms with van der Waals surface area (Å²) < 4.78 is 13.8. The Bertz CT molecular complexity index is 1380. The summed E-state index contributed by atoms with van der Waals surface area (Å²) in [4.78, 5) is 21.7. The largest absolute Gasteiger partial charge is 0.383 e. The topological polar surface area (TPSA) is 105 Å². The van der Waals surface area contributed by atoms with Crippen LogP contribution in [0, 0.1) is 35.9 Å². The number of halogens is 1. The molecule has 2 unspecified atom stereocenters. The van der Waals surface area contributed by atoms with E-state index >= 15 is 0 Å². The van der Waals surface area contributed by atoms with Gasteiger partial charge in [0.05, 0.1) is 17.3 Å². The minimum atomic E-state index is -1.20. The molecule has 2 fully saturated rings. The van der Waals surface area contributed by atoms with E-state index in [1.807, 2.05) is 44.4 Å². The number of piperidine rings is 2. The molecule has 2 aliphatic heterocycles. The Labute approximate surface area is 228 Å². The number of fused-ring (bicyclic) bond motifs is 2. The predicted molar refractivity (Wildman–Crippen MR) is 147 cm³/mol. The van der Waals surface area contributed by atoms with Crippen molar-refractivity contribution in [3.05, 3.63) is 82.9 Å². The van der Waals surface area contributed by atoms with Gasteiger partial charge in [-0.25, -0.2) is 9.18 Å². The number of likely N-dealkylation sites (tertiary alicyclic amines) is 2. The summed E-state index contributed by atoms with van der Waals surface area (Å²) in [5.41, 5.74) is 3.70. The number of carbonyl (C=O) groups is 1. The number of amides is 2. The van der Waals surface area contributed by atoms with Crippen LogP contribution in [0.2, 0.25) is 0 Å². The Morgan fingerprint density at radius 2 is 1.90 bits per heavy atom. The number of nitriles is 1. The van der Waals surface area contributed by atoms with Crippen molar-refractivity contribution in [2.75, 3.05) is 45.6 Å². The molecule has 2 aliphatic rings. The second-order valence-corrected chi connectivity index (χ2v) is 10.7. The number of pyridine rings is 1. The molecule has 9 heteroatoms. The molecule has 2 saturated heterocycles. The fourth-order valence-corrected chi connectivity index (χ4v) is 6.07. The highest BCUT2D eigenvalue weighted by Gasteiger charge is 2.54. The lowest BCUT2D eigenvalue weighted by atomic mass is 9.68. The van der Waals surface area contributed by atoms with Crippen molar-refractivity contribution in [2.45, 2.75) is 19.1 Å². The molecule has 2 atom stereocenters. The maximum Gasteiger partial charge on any atom is 0.321 e. The zero-order chi connectivity index (χ0) is 27.7. The van der Waals surface area contributed by atoms with Crippen molar-refractivity contribution in [1.82, 2.24) is 20.1 Å². The summed E-state index contributed by atoms with van der Waals surface area (Å²) in [6.07, 6.45) is 1.71. The minimum Gasteiger partial charge on any atom is -0.383 e. The van der Waals surface area contributed by atoms with Gasteiger partial charge >= 0.3 is 6.03 Å². The van der Waals surface area contributed by atoms with Gasteiger partial charge in [-0.3, -0.25) is 4.98 Å². The van der Waals surface area contributed by atoms with E-state index < -0.39 is 11.4 Å². The van der Waals surface area contributed by atoms with Crippen LogP contribution < -0.4 is 10.6 Å². The monoisotopic (exact) mass is 528 g/mol. The highest BCUT2D eigenvalue weighted by molar-refractivity contribution is 5.89. The first-order chi connectivity index (χ1) is 18.7. The van der Waals surface area contributed by atoms with Crippen molar-refractivity contribution >= 4 is 11.7 Å². The number of benzene rings is 2. The first-order valence-electron chi connectivity index (χ1n) is 13.1. The van der Waals surface area contributed by atoms with E-state index in [1.165, 1.54) is 12.1 Å². The number of hydrogen-bond acceptors (Lipinski definition) is 6. The molecule has 1 aromatic heterocycles. The van der Waals surface area contributed by atoms with Crippen LogP contribution in [-0.4, -0.2) is 66.2 Å². The van der Waals surface area contributed by atoms with Crippen LogP contribution in [0.3, 0.4) is 0 Å². The van der Waals surface area contributed by atoms with Crippen LogP contribution in [0.5, 0.6) is 0 Å². The van der Waals surface area contributed by atoms with Crippen LogP contribution in [0.15, 0.2) is 54.7 Å². The number of aromatic nitrogens is 1. The molecule has 0 radical (unpaired) electrons. The molecular weight excluding hydrogens is 495 g/mol. The van der Waals surface area contributed by atoms with E-state index in [4.69, 9.17) is 4.98 Å². The molecule has 0 aliphatic carbocycles. The fraction of sp³-hybridized carbons (Fsp3) is 0.367. The average molecular weight is 529 g/mol. The first kappa shape index (κ1) is 26.8. The highest BCUT2D eigenvalue weighted by atomic mass is 19.1. The van der Waals surface area contributed by atoms with E-state index in [2.05, 4.69) is 21.6 Å². The number of hydrogen-bond donors (Lipinski definition) is 3. The number of aryl methyl sites for hydroxylation is 1. The van der Waals surface area contributed by atoms with Gasteiger partial charge in [0.1, 0.15) is 11.4 Å². The number of urea groups is 1. The Kier molecular flexibility index (Phi) is 7.36. The standard InChI is InChI=1S/C30H33FN6O2/c1-19-8-25(31)11-26(9-19)35-29(38)37-17-23-15-36(3)16-24(18-37)30(23,39)28-7-5-21(14-34-28)27-6-4-20(13-33-2)10-22(27)12-32/h4-11,14,23-24,33,39H,13,15-18H2,1-3H3,(H,35,38). The molecule has 2 aromatic carbocycles. The molecule has 39 heavy (non-hydrogen) atoms. The lowest BCUT2D eigenvalue weighted by Crippen LogP contribution is -2.66. The third kappa shape index (κ3) is 5.23. The zero-order valence-corrected chi connectivity index (χ0v) is 22.4. The van der Waals surface area contributed by atoms with Crippen LogP contribution >= 0.6 is 0 Å². The van der Waals surface area contributed by atoms with Crippen LogP contribution in [-0.2, 0) is 12.1 Å². The molecule has 8 nitrogen and oxygen atoms in total. The molecule has 3 N–H and O–H groups in total. The van der Waals surface area contributed by atoms with Crippen LogP contribution in [0.1, 0.15) is 22.4 Å². The van der Waals surface area contributed by atoms with Gasteiger partial charge in [0, 0.05) is 67.6 Å². The minimum absolute atomic E-state index is 0.260. The smallest absolute Gasteiger partial charge is 0.321 e. The average Bonchev–Trinajstić information content (AvgIpc) is 2.89. The molecule has 2 amide bonds. The molecule has 0 spiro atoms. The molecule has 202 valence electrons. The molecular formula is C30H33FN6O2. The third-order valence-electron chi connectivity index (χ3n) is 7.84. The zero-order valence-electron chi connectivity index (χ0n) is 22.4. The van der Waals surface area contributed by atoms with Crippen molar-refractivity contribution in [2.24, 2.45) is 11.8 Å². The summed E-state index contributed by atoms with van der Waals surface area (Å²) in [5.74, 6) is -0.921. The summed E-state index contributed by atoms with van der Waals surface area (Å²) in [6.45, 7) is 4.33. The first-order valence-corrected chi connectivity index (χ1v) is 13.1. The van der Waals surface area contributed by atoms with Crippen molar-refractivity contribution in [3.63, 3.8) is 0 Å². The number of rotatable bonds is 5. The SMILES string of the molecule is CNCc1ccc(-c2ccc(C3(O)C4CN(C)CC3CN(C(=O)Nc3cc(C)cc(F)c3)C4)nc2)c(C#N)c1. The third-order valence-corrected chi connectivity index (χ3v) is 7.84.